The molecule has 0 N–H and O–H groups in total. The first-order valence-corrected chi connectivity index (χ1v) is 9.78. The molecule has 114 valence electrons. The summed E-state index contributed by atoms with van der Waals surface area (Å²) in [5.41, 5.74) is 0. The largest absolute Gasteiger partial charge is 0.453 e. The Morgan fingerprint density at radius 2 is 1.95 bits per heavy atom. The molecule has 1 fully saturated rings. The Kier molecular flexibility index (Phi) is 5.35. The predicted octanol–water partition coefficient (Wildman–Crippen LogP) is 3.06. The molecule has 0 saturated carbocycles. The van der Waals surface area contributed by atoms with Crippen molar-refractivity contribution in [2.75, 3.05) is 6.61 Å². The molecule has 1 saturated heterocycles. The molecule has 0 spiro atoms. The number of epoxide rings is 1. The maximum absolute atomic E-state index is 11.5. The molecule has 1 aliphatic heterocycles. The zero-order valence-corrected chi connectivity index (χ0v) is 14.1. The van der Waals surface area contributed by atoms with Crippen LogP contribution < -0.4 is 0 Å². The SMILES string of the molecule is C=CC(=O)O[C@@H]([C@@H](C=C)O[Si](C)(C)C(C)(C)C)[C@H]1CO1. The quantitative estimate of drug-likeness (QED) is 0.238. The van der Waals surface area contributed by atoms with Gasteiger partial charge in [0, 0.05) is 6.08 Å². The predicted molar refractivity (Wildman–Crippen MR) is 82.1 cm³/mol. The standard InChI is InChI=1S/C15H26O4Si/c1-8-11(19-20(6,7)15(3,4)5)14(12-10-17-12)18-13(16)9-2/h8-9,11-12,14H,1-2,10H2,3-7H3/t11-,12-,14+/m1/s1. The van der Waals surface area contributed by atoms with Crippen LogP contribution in [0.3, 0.4) is 0 Å². The lowest BCUT2D eigenvalue weighted by molar-refractivity contribution is -0.148. The summed E-state index contributed by atoms with van der Waals surface area (Å²) < 4.78 is 16.9. The fourth-order valence-electron chi connectivity index (χ4n) is 1.55. The third-order valence-electron chi connectivity index (χ3n) is 3.94. The van der Waals surface area contributed by atoms with E-state index in [0.717, 1.165) is 6.08 Å². The van der Waals surface area contributed by atoms with Crippen LogP contribution in [0, 0.1) is 0 Å². The van der Waals surface area contributed by atoms with Crippen molar-refractivity contribution < 1.29 is 18.7 Å². The molecule has 4 nitrogen and oxygen atoms in total. The monoisotopic (exact) mass is 298 g/mol. The number of rotatable bonds is 7. The van der Waals surface area contributed by atoms with E-state index in [1.807, 2.05) is 0 Å². The van der Waals surface area contributed by atoms with Gasteiger partial charge in [0.1, 0.15) is 12.2 Å². The van der Waals surface area contributed by atoms with Crippen LogP contribution in [0.15, 0.2) is 25.3 Å². The van der Waals surface area contributed by atoms with E-state index in [2.05, 4.69) is 47.0 Å². The van der Waals surface area contributed by atoms with Gasteiger partial charge in [-0.3, -0.25) is 0 Å². The summed E-state index contributed by atoms with van der Waals surface area (Å²) in [4.78, 5) is 11.5. The van der Waals surface area contributed by atoms with Crippen LogP contribution in [-0.2, 0) is 18.7 Å². The Morgan fingerprint density at radius 3 is 2.30 bits per heavy atom. The van der Waals surface area contributed by atoms with Crippen LogP contribution >= 0.6 is 0 Å². The van der Waals surface area contributed by atoms with Gasteiger partial charge in [-0.2, -0.15) is 0 Å². The first-order valence-electron chi connectivity index (χ1n) is 6.87. The van der Waals surface area contributed by atoms with Gasteiger partial charge in [0.2, 0.25) is 0 Å². The van der Waals surface area contributed by atoms with E-state index in [-0.39, 0.29) is 17.2 Å². The van der Waals surface area contributed by atoms with Crippen molar-refractivity contribution in [2.24, 2.45) is 0 Å². The smallest absolute Gasteiger partial charge is 0.330 e. The van der Waals surface area contributed by atoms with E-state index in [0.29, 0.717) is 6.61 Å². The van der Waals surface area contributed by atoms with Gasteiger partial charge in [-0.15, -0.1) is 6.58 Å². The van der Waals surface area contributed by atoms with E-state index < -0.39 is 20.4 Å². The fraction of sp³-hybridized carbons (Fsp3) is 0.667. The summed E-state index contributed by atoms with van der Waals surface area (Å²) in [6.07, 6.45) is 1.94. The molecule has 0 amide bonds. The number of hydrogen-bond donors (Lipinski definition) is 0. The second-order valence-electron chi connectivity index (χ2n) is 6.56. The zero-order chi connectivity index (χ0) is 15.6. The minimum Gasteiger partial charge on any atom is -0.453 e. The second kappa shape index (κ2) is 6.24. The lowest BCUT2D eigenvalue weighted by atomic mass is 10.1. The van der Waals surface area contributed by atoms with Gasteiger partial charge in [-0.05, 0) is 18.1 Å². The molecular weight excluding hydrogens is 272 g/mol. The number of carbonyl (C=O) groups excluding carboxylic acids is 1. The summed E-state index contributed by atoms with van der Waals surface area (Å²) in [5.74, 6) is -0.462. The molecule has 0 aromatic carbocycles. The van der Waals surface area contributed by atoms with E-state index >= 15 is 0 Å². The van der Waals surface area contributed by atoms with Gasteiger partial charge in [-0.25, -0.2) is 4.79 Å². The normalized spacial score (nSPS) is 21.8. The van der Waals surface area contributed by atoms with E-state index in [1.54, 1.807) is 6.08 Å². The van der Waals surface area contributed by atoms with Crippen molar-refractivity contribution in [3.63, 3.8) is 0 Å². The average molecular weight is 298 g/mol. The topological polar surface area (TPSA) is 48.1 Å². The van der Waals surface area contributed by atoms with Crippen LogP contribution in [0.25, 0.3) is 0 Å². The lowest BCUT2D eigenvalue weighted by Gasteiger charge is -2.40. The van der Waals surface area contributed by atoms with Crippen molar-refractivity contribution in [1.29, 1.82) is 0 Å². The molecule has 1 rings (SSSR count). The minimum absolute atomic E-state index is 0.0751. The third-order valence-corrected chi connectivity index (χ3v) is 8.41. The lowest BCUT2D eigenvalue weighted by Crippen LogP contribution is -2.48. The van der Waals surface area contributed by atoms with Gasteiger partial charge >= 0.3 is 5.97 Å². The van der Waals surface area contributed by atoms with E-state index in [9.17, 15) is 4.79 Å². The van der Waals surface area contributed by atoms with Gasteiger partial charge in [0.15, 0.2) is 14.4 Å². The molecule has 5 heteroatoms. The summed E-state index contributed by atoms with van der Waals surface area (Å²) in [7, 11) is -1.97. The highest BCUT2D eigenvalue weighted by molar-refractivity contribution is 6.74. The number of carbonyl (C=O) groups is 1. The molecule has 1 aliphatic rings. The van der Waals surface area contributed by atoms with Crippen molar-refractivity contribution in [2.45, 2.75) is 57.2 Å². The molecule has 20 heavy (non-hydrogen) atoms. The highest BCUT2D eigenvalue weighted by atomic mass is 28.4. The van der Waals surface area contributed by atoms with Gasteiger partial charge < -0.3 is 13.9 Å². The van der Waals surface area contributed by atoms with Gasteiger partial charge in [0.05, 0.1) is 6.61 Å². The second-order valence-corrected chi connectivity index (χ2v) is 11.3. The van der Waals surface area contributed by atoms with Crippen molar-refractivity contribution in [3.8, 4) is 0 Å². The fourth-order valence-corrected chi connectivity index (χ4v) is 2.81. The molecule has 0 aromatic heterocycles. The van der Waals surface area contributed by atoms with Crippen LogP contribution in [0.4, 0.5) is 0 Å². The van der Waals surface area contributed by atoms with Crippen LogP contribution in [-0.4, -0.2) is 39.2 Å². The number of esters is 1. The molecule has 0 unspecified atom stereocenters. The Morgan fingerprint density at radius 1 is 1.40 bits per heavy atom. The minimum atomic E-state index is -1.97. The summed E-state index contributed by atoms with van der Waals surface area (Å²) >= 11 is 0. The maximum Gasteiger partial charge on any atom is 0.330 e. The zero-order valence-electron chi connectivity index (χ0n) is 13.1. The first kappa shape index (κ1) is 17.1. The number of hydrogen-bond acceptors (Lipinski definition) is 4. The van der Waals surface area contributed by atoms with Crippen LogP contribution in [0.1, 0.15) is 20.8 Å². The van der Waals surface area contributed by atoms with Gasteiger partial charge in [-0.1, -0.05) is 33.4 Å². The van der Waals surface area contributed by atoms with Crippen molar-refractivity contribution >= 4 is 14.3 Å². The molecular formula is C15H26O4Si. The van der Waals surface area contributed by atoms with Crippen molar-refractivity contribution in [1.82, 2.24) is 0 Å². The summed E-state index contributed by atoms with van der Waals surface area (Å²) in [5, 5.41) is 0.0751. The van der Waals surface area contributed by atoms with Gasteiger partial charge in [0.25, 0.3) is 0 Å². The van der Waals surface area contributed by atoms with Crippen LogP contribution in [0.2, 0.25) is 18.1 Å². The average Bonchev–Trinajstić information content (AvgIpc) is 3.15. The highest BCUT2D eigenvalue weighted by Gasteiger charge is 2.45. The highest BCUT2D eigenvalue weighted by Crippen LogP contribution is 2.38. The molecule has 0 aromatic rings. The molecule has 1 heterocycles. The molecule has 0 bridgehead atoms. The van der Waals surface area contributed by atoms with E-state index in [4.69, 9.17) is 13.9 Å². The Hall–Kier alpha value is -0.913. The Balaban J connectivity index is 2.83. The maximum atomic E-state index is 11.5. The molecule has 0 radical (unpaired) electrons. The summed E-state index contributed by atoms with van der Waals surface area (Å²) in [6, 6.07) is 0. The first-order chi connectivity index (χ1) is 9.12. The Bertz CT molecular complexity index is 380. The molecule has 3 atom stereocenters. The molecule has 0 aliphatic carbocycles. The third kappa shape index (κ3) is 4.29. The summed E-state index contributed by atoms with van der Waals surface area (Å²) in [6.45, 7) is 18.6. The Labute approximate surface area is 122 Å². The van der Waals surface area contributed by atoms with Crippen LogP contribution in [0.5, 0.6) is 0 Å². The number of ether oxygens (including phenoxy) is 2. The van der Waals surface area contributed by atoms with E-state index in [1.165, 1.54) is 0 Å². The van der Waals surface area contributed by atoms with Crippen molar-refractivity contribution in [3.05, 3.63) is 25.3 Å².